The van der Waals surface area contributed by atoms with E-state index in [0.717, 1.165) is 16.6 Å². The lowest BCUT2D eigenvalue weighted by molar-refractivity contribution is 0.103. The Bertz CT molecular complexity index is 1190. The van der Waals surface area contributed by atoms with Gasteiger partial charge in [0, 0.05) is 12.4 Å². The lowest BCUT2D eigenvalue weighted by atomic mass is 10.0. The molecule has 0 aliphatic carbocycles. The first-order chi connectivity index (χ1) is 13.1. The number of thiophene rings is 1. The van der Waals surface area contributed by atoms with E-state index in [1.165, 1.54) is 11.3 Å². The summed E-state index contributed by atoms with van der Waals surface area (Å²) >= 11 is 1.37. The summed E-state index contributed by atoms with van der Waals surface area (Å²) in [6.07, 6.45) is 0. The van der Waals surface area contributed by atoms with Gasteiger partial charge in [-0.3, -0.25) is 9.59 Å². The van der Waals surface area contributed by atoms with Crippen LogP contribution in [0.1, 0.15) is 15.2 Å². The van der Waals surface area contributed by atoms with Crippen LogP contribution in [0.3, 0.4) is 0 Å². The first-order valence-corrected chi connectivity index (χ1v) is 9.48. The summed E-state index contributed by atoms with van der Waals surface area (Å²) in [5, 5.41) is 5.45. The minimum absolute atomic E-state index is 0.0889. The largest absolute Gasteiger partial charge is 0.330 e. The number of hydrogen-bond donors (Lipinski definition) is 1. The molecule has 0 spiro atoms. The van der Waals surface area contributed by atoms with Gasteiger partial charge in [-0.2, -0.15) is 0 Å². The van der Waals surface area contributed by atoms with Gasteiger partial charge in [-0.05, 0) is 36.1 Å². The summed E-state index contributed by atoms with van der Waals surface area (Å²) in [5.41, 5.74) is 3.09. The number of benzene rings is 2. The van der Waals surface area contributed by atoms with Gasteiger partial charge < -0.3 is 9.88 Å². The molecule has 4 nitrogen and oxygen atoms in total. The van der Waals surface area contributed by atoms with Crippen molar-refractivity contribution in [1.29, 1.82) is 0 Å². The number of aromatic nitrogens is 1. The highest BCUT2D eigenvalue weighted by Gasteiger charge is 2.19. The molecule has 0 aliphatic heterocycles. The Hall–Kier alpha value is -3.18. The third-order valence-electron chi connectivity index (χ3n) is 4.63. The third-order valence-corrected chi connectivity index (χ3v) is 5.50. The Kier molecular flexibility index (Phi) is 4.38. The van der Waals surface area contributed by atoms with Crippen LogP contribution in [0.2, 0.25) is 0 Å². The van der Waals surface area contributed by atoms with Crippen molar-refractivity contribution in [2.24, 2.45) is 7.05 Å². The number of rotatable bonds is 3. The first-order valence-electron chi connectivity index (χ1n) is 8.60. The van der Waals surface area contributed by atoms with Gasteiger partial charge in [-0.15, -0.1) is 11.3 Å². The minimum Gasteiger partial charge on any atom is -0.330 e. The molecule has 5 heteroatoms. The molecule has 0 saturated heterocycles. The van der Waals surface area contributed by atoms with Gasteiger partial charge in [-0.25, -0.2) is 0 Å². The number of carbonyl (C=O) groups is 1. The number of nitrogens with one attached hydrogen (secondary N) is 1. The van der Waals surface area contributed by atoms with Crippen molar-refractivity contribution in [1.82, 2.24) is 4.57 Å². The number of hydrogen-bond acceptors (Lipinski definition) is 3. The number of anilines is 1. The van der Waals surface area contributed by atoms with Crippen LogP contribution in [0.15, 0.2) is 70.8 Å². The zero-order valence-corrected chi connectivity index (χ0v) is 15.8. The molecule has 2 aromatic heterocycles. The highest BCUT2D eigenvalue weighted by atomic mass is 32.1. The monoisotopic (exact) mass is 374 g/mol. The van der Waals surface area contributed by atoms with E-state index in [-0.39, 0.29) is 11.3 Å². The second kappa shape index (κ2) is 6.85. The molecule has 0 aliphatic rings. The zero-order chi connectivity index (χ0) is 19.0. The van der Waals surface area contributed by atoms with Crippen molar-refractivity contribution in [2.75, 3.05) is 5.32 Å². The lowest BCUT2D eigenvalue weighted by Crippen LogP contribution is -2.21. The zero-order valence-electron chi connectivity index (χ0n) is 15.0. The normalized spacial score (nSPS) is 10.9. The molecule has 27 heavy (non-hydrogen) atoms. The standard InChI is InChI=1S/C22H18N2O2S/c1-14-9-11-15(12-10-14)19-20(25)16-6-3-4-7-17(16)24(2)21(19)23-22(26)18-8-5-13-27-18/h3-13H,1-2H3,(H,23,26). The molecular weight excluding hydrogens is 356 g/mol. The Labute approximate surface area is 160 Å². The average molecular weight is 374 g/mol. The molecule has 4 aromatic rings. The molecule has 0 bridgehead atoms. The van der Waals surface area contributed by atoms with Crippen molar-refractivity contribution < 1.29 is 4.79 Å². The summed E-state index contributed by atoms with van der Waals surface area (Å²) in [4.78, 5) is 26.6. The summed E-state index contributed by atoms with van der Waals surface area (Å²) in [7, 11) is 1.86. The molecule has 0 atom stereocenters. The van der Waals surface area contributed by atoms with Gasteiger partial charge in [0.25, 0.3) is 5.91 Å². The molecule has 0 fully saturated rings. The van der Waals surface area contributed by atoms with E-state index in [1.54, 1.807) is 6.07 Å². The quantitative estimate of drug-likeness (QED) is 0.558. The molecule has 4 rings (SSSR count). The molecule has 2 heterocycles. The minimum atomic E-state index is -0.219. The number of para-hydroxylation sites is 1. The molecule has 1 N–H and O–H groups in total. The van der Waals surface area contributed by atoms with Crippen LogP contribution in [0.5, 0.6) is 0 Å². The lowest BCUT2D eigenvalue weighted by Gasteiger charge is -2.18. The number of carbonyl (C=O) groups excluding carboxylic acids is 1. The van der Waals surface area contributed by atoms with E-state index in [1.807, 2.05) is 78.5 Å². The number of fused-ring (bicyclic) bond motifs is 1. The van der Waals surface area contributed by atoms with Crippen LogP contribution >= 0.6 is 11.3 Å². The van der Waals surface area contributed by atoms with Gasteiger partial charge in [0.05, 0.1) is 16.0 Å². The highest BCUT2D eigenvalue weighted by molar-refractivity contribution is 7.12. The predicted octanol–water partition coefficient (Wildman–Crippen LogP) is 4.83. The van der Waals surface area contributed by atoms with Crippen LogP contribution in [0.4, 0.5) is 5.82 Å². The van der Waals surface area contributed by atoms with Crippen molar-refractivity contribution >= 4 is 34.0 Å². The third kappa shape index (κ3) is 3.06. The number of amides is 1. The van der Waals surface area contributed by atoms with E-state index in [4.69, 9.17) is 0 Å². The van der Waals surface area contributed by atoms with Crippen molar-refractivity contribution in [3.05, 3.63) is 86.7 Å². The van der Waals surface area contributed by atoms with Gasteiger partial charge >= 0.3 is 0 Å². The maximum atomic E-state index is 13.3. The highest BCUT2D eigenvalue weighted by Crippen LogP contribution is 2.29. The summed E-state index contributed by atoms with van der Waals surface area (Å²) in [6, 6.07) is 18.8. The Morgan fingerprint density at radius 1 is 1.00 bits per heavy atom. The molecule has 1 amide bonds. The Balaban J connectivity index is 1.98. The topological polar surface area (TPSA) is 51.1 Å². The van der Waals surface area contributed by atoms with Crippen molar-refractivity contribution in [2.45, 2.75) is 6.92 Å². The van der Waals surface area contributed by atoms with Crippen LogP contribution in [0.25, 0.3) is 22.0 Å². The smallest absolute Gasteiger partial charge is 0.266 e. The van der Waals surface area contributed by atoms with Crippen molar-refractivity contribution in [3.63, 3.8) is 0 Å². The second-order valence-electron chi connectivity index (χ2n) is 6.43. The number of pyridine rings is 1. The van der Waals surface area contributed by atoms with Gasteiger partial charge in [0.15, 0.2) is 5.43 Å². The van der Waals surface area contributed by atoms with Gasteiger partial charge in [0.1, 0.15) is 5.82 Å². The Morgan fingerprint density at radius 2 is 1.74 bits per heavy atom. The fraction of sp³-hybridized carbons (Fsp3) is 0.0909. The SMILES string of the molecule is Cc1ccc(-c2c(NC(=O)c3cccs3)n(C)c3ccccc3c2=O)cc1. The molecular formula is C22H18N2O2S. The van der Waals surface area contributed by atoms with Crippen LogP contribution in [-0.4, -0.2) is 10.5 Å². The maximum Gasteiger partial charge on any atom is 0.266 e. The predicted molar refractivity (Wildman–Crippen MR) is 112 cm³/mol. The van der Waals surface area contributed by atoms with E-state index < -0.39 is 0 Å². The molecule has 0 radical (unpaired) electrons. The van der Waals surface area contributed by atoms with Crippen LogP contribution in [-0.2, 0) is 7.05 Å². The maximum absolute atomic E-state index is 13.3. The van der Waals surface area contributed by atoms with Gasteiger partial charge in [0.2, 0.25) is 0 Å². The molecule has 2 aromatic carbocycles. The molecule has 134 valence electrons. The first kappa shape index (κ1) is 17.2. The summed E-state index contributed by atoms with van der Waals surface area (Å²) < 4.78 is 1.87. The fourth-order valence-electron chi connectivity index (χ4n) is 3.20. The van der Waals surface area contributed by atoms with Gasteiger partial charge in [-0.1, -0.05) is 48.0 Å². The Morgan fingerprint density at radius 3 is 2.44 bits per heavy atom. The van der Waals surface area contributed by atoms with Crippen molar-refractivity contribution in [3.8, 4) is 11.1 Å². The number of nitrogens with zero attached hydrogens (tertiary/aromatic N) is 1. The fourth-order valence-corrected chi connectivity index (χ4v) is 3.82. The van der Waals surface area contributed by atoms with Crippen LogP contribution < -0.4 is 10.7 Å². The van der Waals surface area contributed by atoms with E-state index >= 15 is 0 Å². The number of aryl methyl sites for hydroxylation is 2. The van der Waals surface area contributed by atoms with E-state index in [9.17, 15) is 9.59 Å². The van der Waals surface area contributed by atoms with E-state index in [0.29, 0.717) is 21.6 Å². The van der Waals surface area contributed by atoms with Crippen LogP contribution in [0, 0.1) is 6.92 Å². The van der Waals surface area contributed by atoms with E-state index in [2.05, 4.69) is 5.32 Å². The molecule has 0 unspecified atom stereocenters. The average Bonchev–Trinajstić information content (AvgIpc) is 3.22. The summed E-state index contributed by atoms with van der Waals surface area (Å²) in [6.45, 7) is 2.00. The second-order valence-corrected chi connectivity index (χ2v) is 7.37. The summed E-state index contributed by atoms with van der Waals surface area (Å²) in [5.74, 6) is 0.282. The molecule has 0 saturated carbocycles.